The molecule has 1 N–H and O–H groups in total. The normalized spacial score (nSPS) is 17.4. The summed E-state index contributed by atoms with van der Waals surface area (Å²) >= 11 is 0. The lowest BCUT2D eigenvalue weighted by Gasteiger charge is -2.32. The van der Waals surface area contributed by atoms with Gasteiger partial charge in [-0.15, -0.1) is 0 Å². The van der Waals surface area contributed by atoms with Crippen molar-refractivity contribution in [2.75, 3.05) is 40.5 Å². The van der Waals surface area contributed by atoms with E-state index in [-0.39, 0.29) is 18.4 Å². The van der Waals surface area contributed by atoms with E-state index in [0.717, 1.165) is 30.7 Å². The summed E-state index contributed by atoms with van der Waals surface area (Å²) in [7, 11) is 3.14. The van der Waals surface area contributed by atoms with Gasteiger partial charge in [-0.25, -0.2) is 0 Å². The number of hydrogen-bond donors (Lipinski definition) is 1. The highest BCUT2D eigenvalue weighted by Crippen LogP contribution is 2.16. The lowest BCUT2D eigenvalue weighted by atomic mass is 9.98. The summed E-state index contributed by atoms with van der Waals surface area (Å²) < 4.78 is 10.0. The van der Waals surface area contributed by atoms with Crippen LogP contribution in [0.15, 0.2) is 24.3 Å². The summed E-state index contributed by atoms with van der Waals surface area (Å²) in [5.74, 6) is 1.11. The Kier molecular flexibility index (Phi) is 7.06. The molecule has 1 fully saturated rings. The molecule has 0 aliphatic carbocycles. The number of carbonyl (C=O) groups is 2. The molecule has 0 radical (unpaired) electrons. The zero-order chi connectivity index (χ0) is 17.4. The molecule has 1 aromatic carbocycles. The van der Waals surface area contributed by atoms with E-state index in [0.29, 0.717) is 25.4 Å². The van der Waals surface area contributed by atoms with Crippen molar-refractivity contribution in [1.82, 2.24) is 10.2 Å². The monoisotopic (exact) mass is 334 g/mol. The number of amides is 2. The van der Waals surface area contributed by atoms with Gasteiger partial charge in [-0.3, -0.25) is 9.59 Å². The average Bonchev–Trinajstić information content (AvgIpc) is 2.61. The minimum Gasteiger partial charge on any atom is -0.497 e. The molecule has 1 aromatic rings. The second-order valence-corrected chi connectivity index (χ2v) is 6.11. The maximum atomic E-state index is 12.1. The molecule has 1 heterocycles. The quantitative estimate of drug-likeness (QED) is 0.815. The molecule has 0 saturated carbocycles. The number of carbonyl (C=O) groups excluding carboxylic acids is 2. The van der Waals surface area contributed by atoms with Crippen LogP contribution in [0.1, 0.15) is 18.4 Å². The highest BCUT2D eigenvalue weighted by atomic mass is 16.5. The Hall–Kier alpha value is -2.08. The van der Waals surface area contributed by atoms with Crippen LogP contribution >= 0.6 is 0 Å². The molecule has 1 aliphatic heterocycles. The van der Waals surface area contributed by atoms with Crippen molar-refractivity contribution < 1.29 is 19.1 Å². The van der Waals surface area contributed by atoms with Gasteiger partial charge in [-0.05, 0) is 36.5 Å². The molecule has 1 unspecified atom stereocenters. The standard InChI is InChI=1S/C18H26N2O4/c1-23-13-18(22)20-9-3-4-15(12-20)11-19-17(21)10-14-5-7-16(24-2)8-6-14/h5-8,15H,3-4,9-13H2,1-2H3,(H,19,21). The van der Waals surface area contributed by atoms with Crippen LogP contribution in [0, 0.1) is 5.92 Å². The first kappa shape index (κ1) is 18.3. The van der Waals surface area contributed by atoms with Crippen molar-refractivity contribution >= 4 is 11.8 Å². The Morgan fingerprint density at radius 2 is 2.00 bits per heavy atom. The van der Waals surface area contributed by atoms with Gasteiger partial charge in [0.1, 0.15) is 12.4 Å². The van der Waals surface area contributed by atoms with E-state index >= 15 is 0 Å². The van der Waals surface area contributed by atoms with Crippen molar-refractivity contribution in [3.8, 4) is 5.75 Å². The van der Waals surface area contributed by atoms with Crippen molar-refractivity contribution in [1.29, 1.82) is 0 Å². The first-order chi connectivity index (χ1) is 11.6. The number of nitrogens with one attached hydrogen (secondary N) is 1. The van der Waals surface area contributed by atoms with Gasteiger partial charge in [0.2, 0.25) is 11.8 Å². The first-order valence-electron chi connectivity index (χ1n) is 8.28. The van der Waals surface area contributed by atoms with Crippen molar-refractivity contribution in [2.45, 2.75) is 19.3 Å². The molecule has 2 rings (SSSR count). The second kappa shape index (κ2) is 9.27. The summed E-state index contributed by atoms with van der Waals surface area (Å²) in [6, 6.07) is 7.49. The van der Waals surface area contributed by atoms with Gasteiger partial charge >= 0.3 is 0 Å². The molecule has 132 valence electrons. The fraction of sp³-hybridized carbons (Fsp3) is 0.556. The molecule has 1 saturated heterocycles. The number of rotatable bonds is 7. The highest BCUT2D eigenvalue weighted by Gasteiger charge is 2.23. The highest BCUT2D eigenvalue weighted by molar-refractivity contribution is 5.79. The Balaban J connectivity index is 1.75. The number of benzene rings is 1. The van der Waals surface area contributed by atoms with Gasteiger partial charge in [0.15, 0.2) is 0 Å². The third-order valence-corrected chi connectivity index (χ3v) is 4.25. The maximum Gasteiger partial charge on any atom is 0.248 e. The van der Waals surface area contributed by atoms with E-state index in [1.807, 2.05) is 29.2 Å². The van der Waals surface area contributed by atoms with E-state index in [2.05, 4.69) is 5.32 Å². The zero-order valence-electron chi connectivity index (χ0n) is 14.4. The smallest absolute Gasteiger partial charge is 0.248 e. The van der Waals surface area contributed by atoms with E-state index in [4.69, 9.17) is 9.47 Å². The molecule has 24 heavy (non-hydrogen) atoms. The fourth-order valence-electron chi connectivity index (χ4n) is 2.92. The van der Waals surface area contributed by atoms with Gasteiger partial charge in [-0.2, -0.15) is 0 Å². The lowest BCUT2D eigenvalue weighted by molar-refractivity contribution is -0.136. The van der Waals surface area contributed by atoms with Gasteiger partial charge < -0.3 is 19.7 Å². The van der Waals surface area contributed by atoms with Crippen LogP contribution in [0.3, 0.4) is 0 Å². The lowest BCUT2D eigenvalue weighted by Crippen LogP contribution is -2.45. The van der Waals surface area contributed by atoms with Gasteiger partial charge in [0, 0.05) is 26.7 Å². The summed E-state index contributed by atoms with van der Waals surface area (Å²) in [4.78, 5) is 25.8. The van der Waals surface area contributed by atoms with Crippen molar-refractivity contribution in [2.24, 2.45) is 5.92 Å². The number of ether oxygens (including phenoxy) is 2. The van der Waals surface area contributed by atoms with E-state index in [9.17, 15) is 9.59 Å². The Bertz CT molecular complexity index is 544. The summed E-state index contributed by atoms with van der Waals surface area (Å²) in [6.07, 6.45) is 2.34. The molecule has 0 spiro atoms. The molecule has 1 aliphatic rings. The summed E-state index contributed by atoms with van der Waals surface area (Å²) in [6.45, 7) is 2.19. The summed E-state index contributed by atoms with van der Waals surface area (Å²) in [5.41, 5.74) is 0.953. The van der Waals surface area contributed by atoms with Crippen LogP contribution in [0.2, 0.25) is 0 Å². The van der Waals surface area contributed by atoms with Crippen LogP contribution in [0.5, 0.6) is 5.75 Å². The van der Waals surface area contributed by atoms with Crippen LogP contribution in [0.25, 0.3) is 0 Å². The molecule has 0 bridgehead atoms. The fourth-order valence-corrected chi connectivity index (χ4v) is 2.92. The Labute approximate surface area is 143 Å². The van der Waals surface area contributed by atoms with Crippen molar-refractivity contribution in [3.63, 3.8) is 0 Å². The predicted octanol–water partition coefficient (Wildman–Crippen LogP) is 1.24. The molecule has 6 heteroatoms. The van der Waals surface area contributed by atoms with E-state index < -0.39 is 0 Å². The molecule has 2 amide bonds. The minimum absolute atomic E-state index is 0.000471. The Morgan fingerprint density at radius 1 is 1.25 bits per heavy atom. The molecule has 0 aromatic heterocycles. The predicted molar refractivity (Wildman–Crippen MR) is 90.9 cm³/mol. The molecule has 6 nitrogen and oxygen atoms in total. The third-order valence-electron chi connectivity index (χ3n) is 4.25. The third kappa shape index (κ3) is 5.53. The first-order valence-corrected chi connectivity index (χ1v) is 8.28. The SMILES string of the molecule is COCC(=O)N1CCCC(CNC(=O)Cc2ccc(OC)cc2)C1. The average molecular weight is 334 g/mol. The summed E-state index contributed by atoms with van der Waals surface area (Å²) in [5, 5.41) is 2.98. The van der Waals surface area contributed by atoms with Gasteiger partial charge in [0.05, 0.1) is 13.5 Å². The Morgan fingerprint density at radius 3 is 2.67 bits per heavy atom. The van der Waals surface area contributed by atoms with Crippen LogP contribution in [-0.2, 0) is 20.7 Å². The largest absolute Gasteiger partial charge is 0.497 e. The number of hydrogen-bond acceptors (Lipinski definition) is 4. The van der Waals surface area contributed by atoms with E-state index in [1.165, 1.54) is 7.11 Å². The number of likely N-dealkylation sites (tertiary alicyclic amines) is 1. The minimum atomic E-state index is 0.000471. The number of methoxy groups -OCH3 is 2. The topological polar surface area (TPSA) is 67.9 Å². The van der Waals surface area contributed by atoms with Crippen LogP contribution < -0.4 is 10.1 Å². The molecule has 1 atom stereocenters. The van der Waals surface area contributed by atoms with Crippen LogP contribution in [-0.4, -0.2) is 57.2 Å². The van der Waals surface area contributed by atoms with Gasteiger partial charge in [-0.1, -0.05) is 12.1 Å². The maximum absolute atomic E-state index is 12.1. The van der Waals surface area contributed by atoms with E-state index in [1.54, 1.807) is 7.11 Å². The number of nitrogens with zero attached hydrogens (tertiary/aromatic N) is 1. The number of piperidine rings is 1. The molecular weight excluding hydrogens is 308 g/mol. The van der Waals surface area contributed by atoms with Crippen molar-refractivity contribution in [3.05, 3.63) is 29.8 Å². The second-order valence-electron chi connectivity index (χ2n) is 6.11. The zero-order valence-corrected chi connectivity index (χ0v) is 14.4. The molecular formula is C18H26N2O4. The van der Waals surface area contributed by atoms with Gasteiger partial charge in [0.25, 0.3) is 0 Å². The van der Waals surface area contributed by atoms with Crippen LogP contribution in [0.4, 0.5) is 0 Å².